The van der Waals surface area contributed by atoms with Crippen molar-refractivity contribution in [3.05, 3.63) is 58.9 Å². The molecule has 3 rings (SSSR count). The first-order valence-corrected chi connectivity index (χ1v) is 10.2. The summed E-state index contributed by atoms with van der Waals surface area (Å²) in [4.78, 5) is 3.25. The molecule has 0 fully saturated rings. The Morgan fingerprint density at radius 3 is 2.65 bits per heavy atom. The third kappa shape index (κ3) is 3.04. The average molecular weight is 370 g/mol. The van der Waals surface area contributed by atoms with Crippen LogP contribution in [0.15, 0.2) is 41.3 Å². The first-order chi connectivity index (χ1) is 12.4. The maximum absolute atomic E-state index is 13.4. The molecule has 0 aromatic heterocycles. The van der Waals surface area contributed by atoms with Crippen LogP contribution in [0.1, 0.15) is 37.8 Å². The molecule has 1 unspecified atom stereocenters. The minimum absolute atomic E-state index is 0.0344. The van der Waals surface area contributed by atoms with Crippen LogP contribution in [0, 0.1) is 6.57 Å². The van der Waals surface area contributed by atoms with E-state index in [0.29, 0.717) is 6.42 Å². The van der Waals surface area contributed by atoms with Crippen molar-refractivity contribution in [2.45, 2.75) is 50.5 Å². The van der Waals surface area contributed by atoms with E-state index in [4.69, 9.17) is 6.57 Å². The van der Waals surface area contributed by atoms with E-state index >= 15 is 0 Å². The van der Waals surface area contributed by atoms with Crippen LogP contribution in [0.4, 0.5) is 11.4 Å². The molecular weight excluding hydrogens is 348 g/mol. The predicted octanol–water partition coefficient (Wildman–Crippen LogP) is 4.43. The number of phenols is 1. The van der Waals surface area contributed by atoms with Crippen LogP contribution < -0.4 is 4.31 Å². The van der Waals surface area contributed by atoms with Crippen molar-refractivity contribution in [2.75, 3.05) is 4.31 Å². The van der Waals surface area contributed by atoms with Crippen LogP contribution in [-0.4, -0.2) is 19.6 Å². The van der Waals surface area contributed by atoms with Gasteiger partial charge in [0.05, 0.1) is 17.2 Å². The SMILES string of the molecule is [C-]#[N+]c1cc(S(=O)(=O)N2c3ccc(CC)cc3CCC2CC)ccc1O. The Hall–Kier alpha value is -2.52. The van der Waals surface area contributed by atoms with Gasteiger partial charge >= 0.3 is 0 Å². The molecule has 6 heteroatoms. The molecule has 0 saturated carbocycles. The number of hydrogen-bond donors (Lipinski definition) is 1. The zero-order chi connectivity index (χ0) is 18.9. The molecule has 0 radical (unpaired) electrons. The van der Waals surface area contributed by atoms with Crippen LogP contribution in [0.2, 0.25) is 0 Å². The summed E-state index contributed by atoms with van der Waals surface area (Å²) < 4.78 is 28.3. The molecule has 2 aromatic carbocycles. The normalized spacial score (nSPS) is 16.8. The van der Waals surface area contributed by atoms with Gasteiger partial charge in [-0.05, 0) is 61.1 Å². The van der Waals surface area contributed by atoms with Crippen molar-refractivity contribution in [3.8, 4) is 5.75 Å². The van der Waals surface area contributed by atoms with Crippen LogP contribution in [0.5, 0.6) is 5.75 Å². The van der Waals surface area contributed by atoms with Crippen LogP contribution >= 0.6 is 0 Å². The number of rotatable bonds is 4. The number of hydrogen-bond acceptors (Lipinski definition) is 3. The molecule has 136 valence electrons. The highest BCUT2D eigenvalue weighted by atomic mass is 32.2. The molecule has 2 aromatic rings. The smallest absolute Gasteiger partial charge is 0.263 e. The minimum Gasteiger partial charge on any atom is -0.519 e. The summed E-state index contributed by atoms with van der Waals surface area (Å²) in [7, 11) is -3.83. The average Bonchev–Trinajstić information content (AvgIpc) is 2.66. The summed E-state index contributed by atoms with van der Waals surface area (Å²) in [6.07, 6.45) is 3.24. The maximum atomic E-state index is 13.4. The fourth-order valence-electron chi connectivity index (χ4n) is 3.47. The molecule has 1 atom stereocenters. The second-order valence-corrected chi connectivity index (χ2v) is 8.30. The van der Waals surface area contributed by atoms with Gasteiger partial charge in [0.25, 0.3) is 10.0 Å². The van der Waals surface area contributed by atoms with Crippen molar-refractivity contribution in [1.29, 1.82) is 0 Å². The van der Waals surface area contributed by atoms with Gasteiger partial charge in [-0.1, -0.05) is 26.0 Å². The molecule has 0 spiro atoms. The lowest BCUT2D eigenvalue weighted by Crippen LogP contribution is -2.43. The molecule has 5 nitrogen and oxygen atoms in total. The Balaban J connectivity index is 2.15. The number of aromatic hydroxyl groups is 1. The van der Waals surface area contributed by atoms with Crippen molar-refractivity contribution in [3.63, 3.8) is 0 Å². The lowest BCUT2D eigenvalue weighted by molar-refractivity contribution is 0.478. The van der Waals surface area contributed by atoms with Gasteiger partial charge in [0.1, 0.15) is 5.75 Å². The van der Waals surface area contributed by atoms with Crippen LogP contribution in [0.25, 0.3) is 4.85 Å². The van der Waals surface area contributed by atoms with E-state index in [1.54, 1.807) is 0 Å². The standard InChI is InChI=1S/C20H22N2O3S/c1-4-14-6-10-19-15(12-14)7-8-16(5-2)22(19)26(24,25)17-9-11-20(23)18(13-17)21-3/h6,9-13,16,23H,4-5,7-8H2,1-2H3. The van der Waals surface area contributed by atoms with Gasteiger partial charge in [-0.2, -0.15) is 0 Å². The number of nitrogens with zero attached hydrogens (tertiary/aromatic N) is 2. The van der Waals surface area contributed by atoms with E-state index in [1.807, 2.05) is 19.1 Å². The second-order valence-electron chi connectivity index (χ2n) is 6.48. The molecule has 0 aliphatic carbocycles. The first-order valence-electron chi connectivity index (χ1n) is 8.79. The van der Waals surface area contributed by atoms with Crippen LogP contribution in [-0.2, 0) is 22.9 Å². The number of benzene rings is 2. The molecule has 1 aliphatic rings. The Morgan fingerprint density at radius 2 is 2.00 bits per heavy atom. The molecular formula is C20H22N2O3S. The van der Waals surface area contributed by atoms with E-state index in [1.165, 1.54) is 28.1 Å². The Bertz CT molecular complexity index is 977. The van der Waals surface area contributed by atoms with Gasteiger partial charge in [-0.25, -0.2) is 13.3 Å². The van der Waals surface area contributed by atoms with Crippen molar-refractivity contribution in [1.82, 2.24) is 0 Å². The number of fused-ring (bicyclic) bond motifs is 1. The van der Waals surface area contributed by atoms with Gasteiger partial charge < -0.3 is 5.11 Å². The summed E-state index contributed by atoms with van der Waals surface area (Å²) >= 11 is 0. The fraction of sp³-hybridized carbons (Fsp3) is 0.350. The summed E-state index contributed by atoms with van der Waals surface area (Å²) in [5, 5.41) is 9.70. The highest BCUT2D eigenvalue weighted by molar-refractivity contribution is 7.92. The van der Waals surface area contributed by atoms with Gasteiger partial charge in [-0.15, -0.1) is 0 Å². The quantitative estimate of drug-likeness (QED) is 0.810. The first kappa shape index (κ1) is 18.3. The number of anilines is 1. The molecule has 0 bridgehead atoms. The fourth-order valence-corrected chi connectivity index (χ4v) is 5.28. The van der Waals surface area contributed by atoms with Crippen molar-refractivity contribution >= 4 is 21.4 Å². The molecule has 0 amide bonds. The van der Waals surface area contributed by atoms with Crippen molar-refractivity contribution < 1.29 is 13.5 Å². The third-order valence-corrected chi connectivity index (χ3v) is 6.83. The largest absolute Gasteiger partial charge is 0.519 e. The van der Waals surface area contributed by atoms with E-state index < -0.39 is 10.0 Å². The second kappa shape index (κ2) is 7.00. The summed E-state index contributed by atoms with van der Waals surface area (Å²) in [6.45, 7) is 11.2. The Morgan fingerprint density at radius 1 is 1.23 bits per heavy atom. The summed E-state index contributed by atoms with van der Waals surface area (Å²) in [5.74, 6) is -0.211. The monoisotopic (exact) mass is 370 g/mol. The van der Waals surface area contributed by atoms with E-state index in [2.05, 4.69) is 17.8 Å². The molecule has 1 N–H and O–H groups in total. The predicted molar refractivity (Wildman–Crippen MR) is 102 cm³/mol. The zero-order valence-corrected chi connectivity index (χ0v) is 15.8. The highest BCUT2D eigenvalue weighted by Gasteiger charge is 2.35. The maximum Gasteiger partial charge on any atom is 0.263 e. The van der Waals surface area contributed by atoms with Gasteiger partial charge in [0.15, 0.2) is 0 Å². The lowest BCUT2D eigenvalue weighted by atomic mass is 9.94. The van der Waals surface area contributed by atoms with Gasteiger partial charge in [-0.3, -0.25) is 4.31 Å². The highest BCUT2D eigenvalue weighted by Crippen LogP contribution is 2.38. The number of aryl methyl sites for hydroxylation is 2. The summed E-state index contributed by atoms with van der Waals surface area (Å²) in [6, 6.07) is 9.71. The zero-order valence-electron chi connectivity index (χ0n) is 14.9. The van der Waals surface area contributed by atoms with Gasteiger partial charge in [0.2, 0.25) is 5.69 Å². The van der Waals surface area contributed by atoms with E-state index in [9.17, 15) is 13.5 Å². The lowest BCUT2D eigenvalue weighted by Gasteiger charge is -2.37. The number of phenolic OH excluding ortho intramolecular Hbond substituents is 1. The van der Waals surface area contributed by atoms with E-state index in [0.717, 1.165) is 30.5 Å². The summed E-state index contributed by atoms with van der Waals surface area (Å²) in [5.41, 5.74) is 2.90. The van der Waals surface area contributed by atoms with Gasteiger partial charge in [0, 0.05) is 6.04 Å². The Kier molecular flexibility index (Phi) is 4.92. The van der Waals surface area contributed by atoms with E-state index in [-0.39, 0.29) is 22.4 Å². The number of sulfonamides is 1. The van der Waals surface area contributed by atoms with Crippen molar-refractivity contribution in [2.24, 2.45) is 0 Å². The third-order valence-electron chi connectivity index (χ3n) is 4.96. The minimum atomic E-state index is -3.83. The molecule has 1 aliphatic heterocycles. The molecule has 26 heavy (non-hydrogen) atoms. The van der Waals surface area contributed by atoms with Crippen LogP contribution in [0.3, 0.4) is 0 Å². The Labute approximate surface area is 154 Å². The molecule has 0 saturated heterocycles. The topological polar surface area (TPSA) is 62.0 Å². The molecule has 1 heterocycles.